The lowest BCUT2D eigenvalue weighted by Crippen LogP contribution is -2.37. The Morgan fingerprint density at radius 2 is 1.67 bits per heavy atom. The van der Waals surface area contributed by atoms with Gasteiger partial charge in [0.1, 0.15) is 5.82 Å². The van der Waals surface area contributed by atoms with Gasteiger partial charge in [-0.25, -0.2) is 14.0 Å². The summed E-state index contributed by atoms with van der Waals surface area (Å²) in [5.41, 5.74) is 8.12. The molecule has 0 amide bonds. The van der Waals surface area contributed by atoms with E-state index in [1.54, 1.807) is 11.8 Å². The molecule has 0 bridgehead atoms. The number of hydrogen-bond donors (Lipinski definition) is 3. The van der Waals surface area contributed by atoms with Crippen LogP contribution in [0.3, 0.4) is 0 Å². The molecule has 2 rings (SSSR count). The molecule has 1 heterocycles. The Morgan fingerprint density at radius 1 is 1.13 bits per heavy atom. The second-order valence-corrected chi connectivity index (χ2v) is 8.23. The Morgan fingerprint density at radius 3 is 2.07 bits per heavy atom. The van der Waals surface area contributed by atoms with E-state index in [1.165, 1.54) is 22.7 Å². The van der Waals surface area contributed by atoms with E-state index in [9.17, 15) is 14.0 Å². The van der Waals surface area contributed by atoms with Gasteiger partial charge in [-0.3, -0.25) is 4.68 Å². The molecule has 4 N–H and O–H groups in total. The number of halogens is 1. The quantitative estimate of drug-likeness (QED) is 0.538. The van der Waals surface area contributed by atoms with Gasteiger partial charge in [-0.15, -0.1) is 0 Å². The van der Waals surface area contributed by atoms with Gasteiger partial charge in [0.25, 0.3) is 0 Å². The summed E-state index contributed by atoms with van der Waals surface area (Å²) in [5, 5.41) is 20.4. The number of benzene rings is 1. The lowest BCUT2D eigenvalue weighted by Gasteiger charge is -2.20. The summed E-state index contributed by atoms with van der Waals surface area (Å²) in [6.07, 6.45) is 2.88. The fraction of sp³-hybridized carbons (Fsp3) is 0.381. The largest absolute Gasteiger partial charge is 0.478 e. The molecule has 1 aromatic carbocycles. The highest BCUT2D eigenvalue weighted by Gasteiger charge is 2.20. The van der Waals surface area contributed by atoms with Crippen molar-refractivity contribution in [3.8, 4) is 0 Å². The average Bonchev–Trinajstić information content (AvgIpc) is 2.96. The highest BCUT2D eigenvalue weighted by Crippen LogP contribution is 2.34. The summed E-state index contributed by atoms with van der Waals surface area (Å²) in [6, 6.07) is 6.60. The number of hydrogen-bond acceptors (Lipinski definition) is 5. The van der Waals surface area contributed by atoms with E-state index in [-0.39, 0.29) is 11.4 Å². The molecular formula is C21H28FN3O4S. The predicted octanol–water partition coefficient (Wildman–Crippen LogP) is 3.75. The van der Waals surface area contributed by atoms with Gasteiger partial charge in [-0.05, 0) is 51.0 Å². The molecule has 0 fully saturated rings. The SMILES string of the molecule is CCc1nn(CC(C)(C)N)c(CC)c1Sc1ccc(F)cc1.O=C(O)/C=C\C(=O)O. The molecule has 0 radical (unpaired) electrons. The zero-order valence-corrected chi connectivity index (χ0v) is 18.4. The lowest BCUT2D eigenvalue weighted by atomic mass is 10.1. The van der Waals surface area contributed by atoms with Crippen molar-refractivity contribution in [1.82, 2.24) is 9.78 Å². The number of carbonyl (C=O) groups is 2. The van der Waals surface area contributed by atoms with Crippen molar-refractivity contribution in [3.63, 3.8) is 0 Å². The molecule has 1 aromatic heterocycles. The van der Waals surface area contributed by atoms with Crippen molar-refractivity contribution < 1.29 is 24.2 Å². The summed E-state index contributed by atoms with van der Waals surface area (Å²) in [7, 11) is 0. The van der Waals surface area contributed by atoms with Crippen LogP contribution in [0.25, 0.3) is 0 Å². The van der Waals surface area contributed by atoms with E-state index in [0.717, 1.165) is 23.4 Å². The molecule has 0 aliphatic heterocycles. The minimum atomic E-state index is -1.26. The number of carboxylic acids is 2. The van der Waals surface area contributed by atoms with E-state index in [2.05, 4.69) is 13.8 Å². The van der Waals surface area contributed by atoms with Crippen molar-refractivity contribution >= 4 is 23.7 Å². The number of rotatable bonds is 8. The first-order valence-corrected chi connectivity index (χ1v) is 10.2. The highest BCUT2D eigenvalue weighted by atomic mass is 32.2. The van der Waals surface area contributed by atoms with E-state index < -0.39 is 11.9 Å². The third kappa shape index (κ3) is 8.79. The number of nitrogens with two attached hydrogens (primary N) is 1. The Hall–Kier alpha value is -2.65. The van der Waals surface area contributed by atoms with Crippen molar-refractivity contribution in [1.29, 1.82) is 0 Å². The van der Waals surface area contributed by atoms with Crippen LogP contribution >= 0.6 is 11.8 Å². The minimum Gasteiger partial charge on any atom is -0.478 e. The van der Waals surface area contributed by atoms with Crippen LogP contribution in [0.15, 0.2) is 46.2 Å². The molecule has 0 saturated carbocycles. The van der Waals surface area contributed by atoms with E-state index in [0.29, 0.717) is 18.7 Å². The second-order valence-electron chi connectivity index (χ2n) is 7.14. The molecule has 0 atom stereocenters. The first-order chi connectivity index (χ1) is 14.0. The lowest BCUT2D eigenvalue weighted by molar-refractivity contribution is -0.134. The van der Waals surface area contributed by atoms with Crippen molar-refractivity contribution in [3.05, 3.63) is 53.6 Å². The Balaban J connectivity index is 0.000000479. The maximum Gasteiger partial charge on any atom is 0.328 e. The average molecular weight is 438 g/mol. The van der Waals surface area contributed by atoms with Crippen LogP contribution in [-0.4, -0.2) is 37.5 Å². The van der Waals surface area contributed by atoms with Gasteiger partial charge in [0.05, 0.1) is 22.8 Å². The zero-order chi connectivity index (χ0) is 22.9. The van der Waals surface area contributed by atoms with Crippen molar-refractivity contribution in [2.45, 2.75) is 62.4 Å². The molecule has 2 aromatic rings. The topological polar surface area (TPSA) is 118 Å². The number of aromatic nitrogens is 2. The first-order valence-electron chi connectivity index (χ1n) is 9.41. The molecule has 0 aliphatic rings. The van der Waals surface area contributed by atoms with Crippen molar-refractivity contribution in [2.24, 2.45) is 5.73 Å². The van der Waals surface area contributed by atoms with Crippen LogP contribution in [0.2, 0.25) is 0 Å². The summed E-state index contributed by atoms with van der Waals surface area (Å²) < 4.78 is 15.1. The third-order valence-corrected chi connectivity index (χ3v) is 4.89. The number of aryl methyl sites for hydroxylation is 1. The van der Waals surface area contributed by atoms with Crippen LogP contribution in [0, 0.1) is 5.82 Å². The maximum atomic E-state index is 13.1. The van der Waals surface area contributed by atoms with Crippen LogP contribution < -0.4 is 5.73 Å². The first kappa shape index (κ1) is 25.4. The van der Waals surface area contributed by atoms with Gasteiger partial charge in [-0.1, -0.05) is 25.6 Å². The molecule has 30 heavy (non-hydrogen) atoms. The maximum absolute atomic E-state index is 13.1. The molecule has 0 spiro atoms. The highest BCUT2D eigenvalue weighted by molar-refractivity contribution is 7.99. The standard InChI is InChI=1S/C17H24FN3S.C4H4O4/c1-5-14-16(22-13-9-7-12(18)8-10-13)15(6-2)21(20-14)11-17(3,4)19;5-3(6)1-2-4(7)8/h7-10H,5-6,11,19H2,1-4H3;1-2H,(H,5,6)(H,7,8)/b;2-1-. The van der Waals surface area contributed by atoms with Gasteiger partial charge in [-0.2, -0.15) is 5.10 Å². The molecule has 0 unspecified atom stereocenters. The Labute approximate surface area is 179 Å². The fourth-order valence-electron chi connectivity index (χ4n) is 2.51. The zero-order valence-electron chi connectivity index (χ0n) is 17.6. The normalized spacial score (nSPS) is 11.3. The smallest absolute Gasteiger partial charge is 0.328 e. The van der Waals surface area contributed by atoms with Gasteiger partial charge >= 0.3 is 11.9 Å². The molecule has 164 valence electrons. The predicted molar refractivity (Wildman–Crippen MR) is 114 cm³/mol. The van der Waals surface area contributed by atoms with Crippen LogP contribution in [0.4, 0.5) is 4.39 Å². The number of nitrogens with zero attached hydrogens (tertiary/aromatic N) is 2. The van der Waals surface area contributed by atoms with Gasteiger partial charge in [0.15, 0.2) is 0 Å². The summed E-state index contributed by atoms with van der Waals surface area (Å²) in [4.78, 5) is 21.3. The summed E-state index contributed by atoms with van der Waals surface area (Å²) in [5.74, 6) is -2.73. The number of carboxylic acid groups (broad SMARTS) is 2. The van der Waals surface area contributed by atoms with E-state index >= 15 is 0 Å². The number of aliphatic carboxylic acids is 2. The second kappa shape index (κ2) is 11.5. The molecular weight excluding hydrogens is 409 g/mol. The van der Waals surface area contributed by atoms with Gasteiger partial charge < -0.3 is 15.9 Å². The minimum absolute atomic E-state index is 0.212. The van der Waals surface area contributed by atoms with Crippen LogP contribution in [0.5, 0.6) is 0 Å². The molecule has 0 saturated heterocycles. The molecule has 9 heteroatoms. The summed E-state index contributed by atoms with van der Waals surface area (Å²) in [6.45, 7) is 8.94. The monoisotopic (exact) mass is 437 g/mol. The third-order valence-electron chi connectivity index (χ3n) is 3.71. The van der Waals surface area contributed by atoms with Gasteiger partial charge in [0, 0.05) is 22.6 Å². The fourth-order valence-corrected chi connectivity index (χ4v) is 3.69. The Bertz CT molecular complexity index is 871. The van der Waals surface area contributed by atoms with Crippen LogP contribution in [-0.2, 0) is 29.0 Å². The molecule has 7 nitrogen and oxygen atoms in total. The molecule has 0 aliphatic carbocycles. The summed E-state index contributed by atoms with van der Waals surface area (Å²) >= 11 is 1.65. The van der Waals surface area contributed by atoms with E-state index in [1.807, 2.05) is 30.7 Å². The van der Waals surface area contributed by atoms with Gasteiger partial charge in [0.2, 0.25) is 0 Å². The van der Waals surface area contributed by atoms with E-state index in [4.69, 9.17) is 21.0 Å². The van der Waals surface area contributed by atoms with Crippen molar-refractivity contribution in [2.75, 3.05) is 0 Å². The van der Waals surface area contributed by atoms with Crippen LogP contribution in [0.1, 0.15) is 39.1 Å². The Kier molecular flexibility index (Phi) is 9.74.